The highest BCUT2D eigenvalue weighted by Crippen LogP contribution is 2.43. The number of carbonyl (C=O) groups is 1. The molecular formula is C20H13NO. The van der Waals surface area contributed by atoms with Gasteiger partial charge in [-0.2, -0.15) is 0 Å². The van der Waals surface area contributed by atoms with Crippen LogP contribution in [0.3, 0.4) is 0 Å². The van der Waals surface area contributed by atoms with E-state index in [0.717, 1.165) is 38.7 Å². The van der Waals surface area contributed by atoms with Crippen molar-refractivity contribution in [1.82, 2.24) is 4.98 Å². The Kier molecular flexibility index (Phi) is 2.06. The van der Waals surface area contributed by atoms with Crippen molar-refractivity contribution in [1.29, 1.82) is 0 Å². The van der Waals surface area contributed by atoms with Crippen molar-refractivity contribution < 1.29 is 4.79 Å². The second kappa shape index (κ2) is 3.86. The molecule has 0 amide bonds. The number of hydrogen-bond acceptors (Lipinski definition) is 1. The number of carbonyl (C=O) groups excluding carboxylic acids is 1. The van der Waals surface area contributed by atoms with E-state index in [1.165, 1.54) is 10.9 Å². The Morgan fingerprint density at radius 2 is 1.59 bits per heavy atom. The maximum Gasteiger partial charge on any atom is 0.194 e. The van der Waals surface area contributed by atoms with E-state index in [2.05, 4.69) is 30.1 Å². The Bertz CT molecular complexity index is 1100. The molecule has 0 fully saturated rings. The Hall–Kier alpha value is -2.87. The second-order valence-electron chi connectivity index (χ2n) is 5.96. The van der Waals surface area contributed by atoms with E-state index in [1.54, 1.807) is 0 Å². The third-order valence-electron chi connectivity index (χ3n) is 4.60. The van der Waals surface area contributed by atoms with Crippen LogP contribution in [-0.2, 0) is 0 Å². The highest BCUT2D eigenvalue weighted by Gasteiger charge is 2.28. The number of aromatic amines is 1. The van der Waals surface area contributed by atoms with Crippen molar-refractivity contribution in [3.05, 3.63) is 71.3 Å². The average molecular weight is 283 g/mol. The van der Waals surface area contributed by atoms with Crippen LogP contribution in [0.2, 0.25) is 0 Å². The fraction of sp³-hybridized carbons (Fsp3) is 0.0500. The van der Waals surface area contributed by atoms with Gasteiger partial charge in [0.2, 0.25) is 0 Å². The summed E-state index contributed by atoms with van der Waals surface area (Å²) in [5.74, 6) is 0.134. The number of aromatic nitrogens is 1. The lowest BCUT2D eigenvalue weighted by Gasteiger charge is -2.03. The molecule has 0 aliphatic heterocycles. The van der Waals surface area contributed by atoms with Crippen LogP contribution in [-0.4, -0.2) is 10.8 Å². The first-order valence-electron chi connectivity index (χ1n) is 7.43. The molecule has 0 saturated carbocycles. The zero-order valence-electron chi connectivity index (χ0n) is 12.1. The van der Waals surface area contributed by atoms with Crippen molar-refractivity contribution in [2.45, 2.75) is 6.92 Å². The monoisotopic (exact) mass is 283 g/mol. The van der Waals surface area contributed by atoms with Crippen LogP contribution in [0.4, 0.5) is 0 Å². The molecular weight excluding hydrogens is 270 g/mol. The van der Waals surface area contributed by atoms with Crippen LogP contribution in [0.15, 0.2) is 54.6 Å². The minimum absolute atomic E-state index is 0.134. The van der Waals surface area contributed by atoms with Crippen molar-refractivity contribution in [2.75, 3.05) is 0 Å². The third kappa shape index (κ3) is 1.32. The van der Waals surface area contributed by atoms with E-state index >= 15 is 0 Å². The van der Waals surface area contributed by atoms with Gasteiger partial charge in [-0.3, -0.25) is 4.79 Å². The van der Waals surface area contributed by atoms with Gasteiger partial charge in [0.25, 0.3) is 0 Å². The van der Waals surface area contributed by atoms with Crippen LogP contribution in [0.25, 0.3) is 32.9 Å². The smallest absolute Gasteiger partial charge is 0.194 e. The van der Waals surface area contributed by atoms with Gasteiger partial charge < -0.3 is 4.98 Å². The largest absolute Gasteiger partial charge is 0.354 e. The maximum absolute atomic E-state index is 12.6. The molecule has 1 aliphatic rings. The number of nitrogens with one attached hydrogen (secondary N) is 1. The lowest BCUT2D eigenvalue weighted by atomic mass is 9.99. The third-order valence-corrected chi connectivity index (χ3v) is 4.60. The lowest BCUT2D eigenvalue weighted by molar-refractivity contribution is 0.104. The summed E-state index contributed by atoms with van der Waals surface area (Å²) in [4.78, 5) is 16.1. The summed E-state index contributed by atoms with van der Waals surface area (Å²) in [6.07, 6.45) is 0. The molecule has 5 rings (SSSR count). The molecule has 1 aliphatic carbocycles. The van der Waals surface area contributed by atoms with Gasteiger partial charge in [-0.05, 0) is 36.8 Å². The average Bonchev–Trinajstić information content (AvgIpc) is 3.04. The van der Waals surface area contributed by atoms with Gasteiger partial charge in [0.05, 0.1) is 0 Å². The normalized spacial score (nSPS) is 12.9. The van der Waals surface area contributed by atoms with Crippen molar-refractivity contribution >= 4 is 27.6 Å². The van der Waals surface area contributed by atoms with E-state index in [4.69, 9.17) is 0 Å². The van der Waals surface area contributed by atoms with Crippen LogP contribution < -0.4 is 0 Å². The molecule has 1 heterocycles. The minimum Gasteiger partial charge on any atom is -0.354 e. The van der Waals surface area contributed by atoms with E-state index in [0.29, 0.717) is 0 Å². The molecule has 0 spiro atoms. The number of rotatable bonds is 0. The maximum atomic E-state index is 12.6. The first kappa shape index (κ1) is 11.8. The molecule has 4 aromatic rings. The number of H-pyrrole nitrogens is 1. The molecule has 3 aromatic carbocycles. The molecule has 0 unspecified atom stereocenters. The highest BCUT2D eigenvalue weighted by atomic mass is 16.1. The van der Waals surface area contributed by atoms with Crippen LogP contribution in [0.5, 0.6) is 0 Å². The zero-order valence-corrected chi connectivity index (χ0v) is 12.1. The fourth-order valence-corrected chi connectivity index (χ4v) is 3.62. The van der Waals surface area contributed by atoms with E-state index in [-0.39, 0.29) is 5.78 Å². The highest BCUT2D eigenvalue weighted by molar-refractivity contribution is 6.29. The lowest BCUT2D eigenvalue weighted by Crippen LogP contribution is -1.94. The molecule has 1 aromatic heterocycles. The first-order chi connectivity index (χ1) is 10.7. The van der Waals surface area contributed by atoms with Gasteiger partial charge in [-0.15, -0.1) is 0 Å². The summed E-state index contributed by atoms with van der Waals surface area (Å²) in [7, 11) is 0. The predicted octanol–water partition coefficient (Wildman–Crippen LogP) is 4.84. The standard InChI is InChI=1S/C20H13NO/c1-11-6-8-16-15(10-11)19-17(21-16)9-7-14-18(19)12-4-2-3-5-13(12)20(14)22/h2-10,21H,1H3. The van der Waals surface area contributed by atoms with Crippen LogP contribution in [0.1, 0.15) is 21.5 Å². The van der Waals surface area contributed by atoms with Gasteiger partial charge >= 0.3 is 0 Å². The van der Waals surface area contributed by atoms with Gasteiger partial charge in [0.15, 0.2) is 5.78 Å². The van der Waals surface area contributed by atoms with Crippen LogP contribution in [0, 0.1) is 6.92 Å². The Morgan fingerprint density at radius 3 is 2.45 bits per heavy atom. The molecule has 0 saturated heterocycles. The summed E-state index contributed by atoms with van der Waals surface area (Å²) in [6, 6.07) is 18.3. The first-order valence-corrected chi connectivity index (χ1v) is 7.43. The topological polar surface area (TPSA) is 32.9 Å². The molecule has 2 heteroatoms. The number of fused-ring (bicyclic) bond motifs is 7. The fourth-order valence-electron chi connectivity index (χ4n) is 3.62. The number of aryl methyl sites for hydroxylation is 1. The summed E-state index contributed by atoms with van der Waals surface area (Å²) in [5.41, 5.74) is 7.19. The Labute approximate surface area is 127 Å². The zero-order chi connectivity index (χ0) is 14.8. The van der Waals surface area contributed by atoms with Gasteiger partial charge in [-0.1, -0.05) is 35.9 Å². The van der Waals surface area contributed by atoms with Crippen molar-refractivity contribution in [3.8, 4) is 11.1 Å². The number of benzene rings is 3. The minimum atomic E-state index is 0.134. The number of hydrogen-bond donors (Lipinski definition) is 1. The molecule has 22 heavy (non-hydrogen) atoms. The second-order valence-corrected chi connectivity index (χ2v) is 5.96. The molecule has 2 nitrogen and oxygen atoms in total. The summed E-state index contributed by atoms with van der Waals surface area (Å²) in [6.45, 7) is 2.10. The quantitative estimate of drug-likeness (QED) is 0.433. The molecule has 104 valence electrons. The Balaban J connectivity index is 2.05. The van der Waals surface area contributed by atoms with Gasteiger partial charge in [0, 0.05) is 38.5 Å². The molecule has 1 N–H and O–H groups in total. The van der Waals surface area contributed by atoms with Gasteiger partial charge in [-0.25, -0.2) is 0 Å². The van der Waals surface area contributed by atoms with Gasteiger partial charge in [0.1, 0.15) is 0 Å². The Morgan fingerprint density at radius 1 is 0.818 bits per heavy atom. The van der Waals surface area contributed by atoms with Crippen molar-refractivity contribution in [3.63, 3.8) is 0 Å². The van der Waals surface area contributed by atoms with E-state index < -0.39 is 0 Å². The molecule has 0 radical (unpaired) electrons. The van der Waals surface area contributed by atoms with Crippen LogP contribution >= 0.6 is 0 Å². The molecule has 0 bridgehead atoms. The summed E-state index contributed by atoms with van der Waals surface area (Å²) in [5, 5.41) is 2.35. The van der Waals surface area contributed by atoms with Crippen molar-refractivity contribution in [2.24, 2.45) is 0 Å². The summed E-state index contributed by atoms with van der Waals surface area (Å²) >= 11 is 0. The molecule has 0 atom stereocenters. The van der Waals surface area contributed by atoms with E-state index in [1.807, 2.05) is 36.4 Å². The number of ketones is 1. The summed E-state index contributed by atoms with van der Waals surface area (Å²) < 4.78 is 0. The van der Waals surface area contributed by atoms with E-state index in [9.17, 15) is 4.79 Å². The SMILES string of the molecule is Cc1ccc2[nH]c3ccc4c(c3c2c1)-c1ccccc1C4=O. The predicted molar refractivity (Wildman–Crippen MR) is 89.4 cm³/mol.